The highest BCUT2D eigenvalue weighted by Gasteiger charge is 2.17. The summed E-state index contributed by atoms with van der Waals surface area (Å²) >= 11 is 0. The molecule has 1 amide bonds. The largest absolute Gasteiger partial charge is 0.357 e. The van der Waals surface area contributed by atoms with Gasteiger partial charge in [0.2, 0.25) is 5.91 Å². The number of aliphatic imine (C=N–C) groups is 1. The van der Waals surface area contributed by atoms with E-state index in [1.54, 1.807) is 6.92 Å². The Hall–Kier alpha value is -1.95. The summed E-state index contributed by atoms with van der Waals surface area (Å²) in [5, 5.41) is 15.0. The first kappa shape index (κ1) is 22.3. The molecule has 0 bridgehead atoms. The highest BCUT2D eigenvalue weighted by Crippen LogP contribution is 2.04. The molecule has 0 saturated carbocycles. The molecule has 2 aromatic heterocycles. The van der Waals surface area contributed by atoms with Gasteiger partial charge in [0.1, 0.15) is 6.54 Å². The van der Waals surface area contributed by atoms with Crippen LogP contribution in [-0.2, 0) is 11.3 Å². The number of hydrogen-bond donors (Lipinski definition) is 2. The molecule has 1 fully saturated rings. The second kappa shape index (κ2) is 11.1. The number of carbonyl (C=O) groups is 1. The zero-order chi connectivity index (χ0) is 19.1. The van der Waals surface area contributed by atoms with Crippen LogP contribution < -0.4 is 10.6 Å². The lowest BCUT2D eigenvalue weighted by Crippen LogP contribution is -2.50. The summed E-state index contributed by atoms with van der Waals surface area (Å²) in [5.41, 5.74) is 0.824. The van der Waals surface area contributed by atoms with Crippen LogP contribution in [-0.4, -0.2) is 82.1 Å². The number of carbonyl (C=O) groups excluding carboxylic acids is 1. The molecule has 10 heteroatoms. The van der Waals surface area contributed by atoms with Gasteiger partial charge in [-0.15, -0.1) is 34.2 Å². The highest BCUT2D eigenvalue weighted by molar-refractivity contribution is 14.0. The topological polar surface area (TPSA) is 90.2 Å². The molecule has 3 heterocycles. The van der Waals surface area contributed by atoms with Crippen molar-refractivity contribution in [2.45, 2.75) is 20.4 Å². The zero-order valence-electron chi connectivity index (χ0n) is 16.5. The van der Waals surface area contributed by atoms with Gasteiger partial charge < -0.3 is 15.5 Å². The fourth-order valence-corrected chi connectivity index (χ4v) is 3.11. The molecule has 0 aromatic carbocycles. The monoisotopic (exact) mass is 500 g/mol. The Kier molecular flexibility index (Phi) is 8.90. The quantitative estimate of drug-likeness (QED) is 0.343. The number of nitrogens with one attached hydrogen (secondary N) is 2. The summed E-state index contributed by atoms with van der Waals surface area (Å²) in [4.78, 5) is 20.3. The molecule has 0 atom stereocenters. The summed E-state index contributed by atoms with van der Waals surface area (Å²) < 4.78 is 1.95. The van der Waals surface area contributed by atoms with E-state index in [0.717, 1.165) is 63.2 Å². The number of pyridine rings is 1. The van der Waals surface area contributed by atoms with Crippen LogP contribution in [0.15, 0.2) is 29.4 Å². The molecule has 0 spiro atoms. The van der Waals surface area contributed by atoms with Crippen molar-refractivity contribution >= 4 is 41.5 Å². The minimum atomic E-state index is 0. The van der Waals surface area contributed by atoms with Crippen molar-refractivity contribution in [1.82, 2.24) is 35.0 Å². The van der Waals surface area contributed by atoms with Crippen LogP contribution in [0.2, 0.25) is 0 Å². The van der Waals surface area contributed by atoms with Gasteiger partial charge in [0.15, 0.2) is 17.4 Å². The first-order valence-electron chi connectivity index (χ1n) is 9.46. The molecule has 9 nitrogen and oxygen atoms in total. The molecule has 0 unspecified atom stereocenters. The zero-order valence-corrected chi connectivity index (χ0v) is 18.8. The number of rotatable bonds is 6. The molecule has 2 N–H and O–H groups in total. The van der Waals surface area contributed by atoms with E-state index in [9.17, 15) is 4.79 Å². The number of fused-ring (bicyclic) bond motifs is 1. The van der Waals surface area contributed by atoms with E-state index >= 15 is 0 Å². The van der Waals surface area contributed by atoms with E-state index in [4.69, 9.17) is 0 Å². The third-order valence-corrected chi connectivity index (χ3v) is 4.65. The highest BCUT2D eigenvalue weighted by atomic mass is 127. The van der Waals surface area contributed by atoms with Gasteiger partial charge in [-0.05, 0) is 19.1 Å². The third-order valence-electron chi connectivity index (χ3n) is 4.65. The minimum Gasteiger partial charge on any atom is -0.357 e. The number of aromatic nitrogens is 3. The molecule has 154 valence electrons. The van der Waals surface area contributed by atoms with Crippen LogP contribution in [0.1, 0.15) is 19.7 Å². The van der Waals surface area contributed by atoms with E-state index in [-0.39, 0.29) is 29.9 Å². The number of amides is 1. The molecule has 0 radical (unpaired) electrons. The van der Waals surface area contributed by atoms with Crippen LogP contribution in [0, 0.1) is 0 Å². The predicted molar refractivity (Wildman–Crippen MR) is 120 cm³/mol. The molecule has 1 aliphatic rings. The van der Waals surface area contributed by atoms with Crippen molar-refractivity contribution in [1.29, 1.82) is 0 Å². The maximum Gasteiger partial charge on any atom is 0.219 e. The Bertz CT molecular complexity index is 785. The van der Waals surface area contributed by atoms with Crippen molar-refractivity contribution in [3.8, 4) is 0 Å². The van der Waals surface area contributed by atoms with E-state index in [1.165, 1.54) is 0 Å². The summed E-state index contributed by atoms with van der Waals surface area (Å²) in [6, 6.07) is 5.83. The Balaban J connectivity index is 0.00000280. The van der Waals surface area contributed by atoms with Gasteiger partial charge >= 0.3 is 0 Å². The number of hydrogen-bond acceptors (Lipinski definition) is 5. The van der Waals surface area contributed by atoms with Crippen LogP contribution in [0.25, 0.3) is 5.65 Å². The average molecular weight is 500 g/mol. The van der Waals surface area contributed by atoms with E-state index in [0.29, 0.717) is 6.54 Å². The van der Waals surface area contributed by atoms with E-state index in [2.05, 4.69) is 30.7 Å². The Labute approximate surface area is 182 Å². The first-order chi connectivity index (χ1) is 13.2. The standard InChI is InChI=1S/C18H28N8O.HI/c1-3-19-18(20-7-9-24-10-12-25(13-11-24)15(2)27)21-14-17-23-22-16-6-4-5-8-26(16)17;/h4-6,8H,3,7,9-14H2,1-2H3,(H2,19,20,21);1H. The first-order valence-corrected chi connectivity index (χ1v) is 9.46. The Morgan fingerprint density at radius 1 is 1.18 bits per heavy atom. The lowest BCUT2D eigenvalue weighted by molar-refractivity contribution is -0.130. The van der Waals surface area contributed by atoms with Crippen molar-refractivity contribution in [2.75, 3.05) is 45.8 Å². The number of halogens is 1. The van der Waals surface area contributed by atoms with Crippen molar-refractivity contribution in [3.63, 3.8) is 0 Å². The van der Waals surface area contributed by atoms with Gasteiger partial charge in [-0.3, -0.25) is 14.1 Å². The summed E-state index contributed by atoms with van der Waals surface area (Å²) in [5.74, 6) is 1.74. The average Bonchev–Trinajstić information content (AvgIpc) is 3.10. The number of piperazine rings is 1. The third kappa shape index (κ3) is 6.03. The molecular weight excluding hydrogens is 471 g/mol. The van der Waals surface area contributed by atoms with Crippen LogP contribution in [0.3, 0.4) is 0 Å². The molecule has 2 aromatic rings. The van der Waals surface area contributed by atoms with Crippen LogP contribution in [0.5, 0.6) is 0 Å². The van der Waals surface area contributed by atoms with Crippen LogP contribution in [0.4, 0.5) is 0 Å². The molecule has 3 rings (SSSR count). The fraction of sp³-hybridized carbons (Fsp3) is 0.556. The van der Waals surface area contributed by atoms with Gasteiger partial charge in [-0.25, -0.2) is 4.99 Å². The van der Waals surface area contributed by atoms with Gasteiger partial charge in [-0.2, -0.15) is 0 Å². The second-order valence-electron chi connectivity index (χ2n) is 6.51. The maximum absolute atomic E-state index is 11.4. The molecular formula is C18H29IN8O. The van der Waals surface area contributed by atoms with E-state index < -0.39 is 0 Å². The van der Waals surface area contributed by atoms with Crippen LogP contribution >= 0.6 is 24.0 Å². The summed E-state index contributed by atoms with van der Waals surface area (Å²) in [6.07, 6.45) is 1.95. The van der Waals surface area contributed by atoms with Gasteiger partial charge in [0.25, 0.3) is 0 Å². The predicted octanol–water partition coefficient (Wildman–Crippen LogP) is 0.567. The van der Waals surface area contributed by atoms with Crippen molar-refractivity contribution in [2.24, 2.45) is 4.99 Å². The SMILES string of the molecule is CCNC(=NCc1nnc2ccccn12)NCCN1CCN(C(C)=O)CC1.I. The van der Waals surface area contributed by atoms with Crippen molar-refractivity contribution < 1.29 is 4.79 Å². The summed E-state index contributed by atoms with van der Waals surface area (Å²) in [6.45, 7) is 10.1. The normalized spacial score (nSPS) is 15.4. The molecule has 1 saturated heterocycles. The van der Waals surface area contributed by atoms with E-state index in [1.807, 2.05) is 40.6 Å². The molecule has 28 heavy (non-hydrogen) atoms. The Morgan fingerprint density at radius 3 is 2.68 bits per heavy atom. The lowest BCUT2D eigenvalue weighted by Gasteiger charge is -2.34. The number of nitrogens with zero attached hydrogens (tertiary/aromatic N) is 6. The smallest absolute Gasteiger partial charge is 0.219 e. The molecule has 0 aliphatic carbocycles. The fourth-order valence-electron chi connectivity index (χ4n) is 3.11. The lowest BCUT2D eigenvalue weighted by atomic mass is 10.3. The number of guanidine groups is 1. The maximum atomic E-state index is 11.4. The summed E-state index contributed by atoms with van der Waals surface area (Å²) in [7, 11) is 0. The van der Waals surface area contributed by atoms with Gasteiger partial charge in [0.05, 0.1) is 0 Å². The van der Waals surface area contributed by atoms with Crippen molar-refractivity contribution in [3.05, 3.63) is 30.2 Å². The Morgan fingerprint density at radius 2 is 1.96 bits per heavy atom. The molecule has 1 aliphatic heterocycles. The second-order valence-corrected chi connectivity index (χ2v) is 6.51. The van der Waals surface area contributed by atoms with Gasteiger partial charge in [-0.1, -0.05) is 6.07 Å². The minimum absolute atomic E-state index is 0. The van der Waals surface area contributed by atoms with Gasteiger partial charge in [0, 0.05) is 58.9 Å².